The molecule has 0 aromatic rings. The van der Waals surface area contributed by atoms with Gasteiger partial charge in [-0.25, -0.2) is 0 Å². The lowest BCUT2D eigenvalue weighted by atomic mass is 11.0. The zero-order valence-electron chi connectivity index (χ0n) is 6.69. The minimum Gasteiger partial charge on any atom is -0.149 e. The van der Waals surface area contributed by atoms with Crippen LogP contribution in [0.4, 0.5) is 0 Å². The molecule has 0 bridgehead atoms. The molecular formula is C6H12S6. The first-order chi connectivity index (χ1) is 6.00. The fourth-order valence-corrected chi connectivity index (χ4v) is 8.69. The topological polar surface area (TPSA) is 0 Å². The molecule has 1 rings (SSSR count). The highest BCUT2D eigenvalue weighted by molar-refractivity contribution is 8.79. The quantitative estimate of drug-likeness (QED) is 0.605. The Morgan fingerprint density at radius 2 is 1.00 bits per heavy atom. The Hall–Kier alpha value is 2.10. The van der Waals surface area contributed by atoms with Gasteiger partial charge in [0, 0.05) is 33.2 Å². The Bertz CT molecular complexity index is 55.0. The van der Waals surface area contributed by atoms with Crippen LogP contribution in [0, 0.1) is 0 Å². The number of thioether (sulfide) groups is 2. The second-order valence-electron chi connectivity index (χ2n) is 1.93. The lowest BCUT2D eigenvalue weighted by Gasteiger charge is -2.04. The summed E-state index contributed by atoms with van der Waals surface area (Å²) in [6.45, 7) is 0. The fraction of sp³-hybridized carbons (Fsp3) is 1.00. The van der Waals surface area contributed by atoms with Crippen LogP contribution in [0.5, 0.6) is 0 Å². The molecule has 0 radical (unpaired) electrons. The molecule has 1 aliphatic rings. The van der Waals surface area contributed by atoms with E-state index in [1.807, 2.05) is 43.2 Å². The summed E-state index contributed by atoms with van der Waals surface area (Å²) < 4.78 is 0. The molecule has 0 aromatic carbocycles. The molecule has 0 amide bonds. The summed E-state index contributed by atoms with van der Waals surface area (Å²) in [5, 5.41) is 2.53. The van der Waals surface area contributed by atoms with Gasteiger partial charge in [0.2, 0.25) is 0 Å². The first-order valence-electron chi connectivity index (χ1n) is 3.64. The van der Waals surface area contributed by atoms with Gasteiger partial charge in [-0.3, -0.25) is 0 Å². The van der Waals surface area contributed by atoms with Crippen molar-refractivity contribution in [1.29, 1.82) is 0 Å². The molecule has 0 unspecified atom stereocenters. The van der Waals surface area contributed by atoms with Crippen LogP contribution in [0.1, 0.15) is 0 Å². The molecule has 0 spiro atoms. The van der Waals surface area contributed by atoms with Gasteiger partial charge in [-0.05, 0) is 0 Å². The van der Waals surface area contributed by atoms with Gasteiger partial charge in [-0.2, -0.15) is 0 Å². The van der Waals surface area contributed by atoms with Crippen molar-refractivity contribution < 1.29 is 0 Å². The van der Waals surface area contributed by atoms with Crippen LogP contribution in [-0.2, 0) is 0 Å². The van der Waals surface area contributed by atoms with Crippen molar-refractivity contribution in [2.75, 3.05) is 33.2 Å². The highest BCUT2D eigenvalue weighted by atomic mass is 33.1. The van der Waals surface area contributed by atoms with Crippen LogP contribution in [-0.4, -0.2) is 33.2 Å². The van der Waals surface area contributed by atoms with Gasteiger partial charge < -0.3 is 0 Å². The third-order valence-electron chi connectivity index (χ3n) is 1.05. The van der Waals surface area contributed by atoms with Crippen LogP contribution >= 0.6 is 66.7 Å². The van der Waals surface area contributed by atoms with Gasteiger partial charge in [-0.1, -0.05) is 43.2 Å². The molecule has 1 heterocycles. The van der Waals surface area contributed by atoms with E-state index in [1.54, 1.807) is 0 Å². The highest BCUT2D eigenvalue weighted by Gasteiger charge is 1.97. The maximum atomic E-state index is 2.07. The van der Waals surface area contributed by atoms with Gasteiger partial charge in [-0.15, -0.1) is 23.5 Å². The molecule has 0 nitrogen and oxygen atoms in total. The smallest absolute Gasteiger partial charge is 0.0496 e. The summed E-state index contributed by atoms with van der Waals surface area (Å²) in [7, 11) is 8.08. The molecule has 0 saturated carbocycles. The predicted molar refractivity (Wildman–Crippen MR) is 74.7 cm³/mol. The molecule has 12 heavy (non-hydrogen) atoms. The summed E-state index contributed by atoms with van der Waals surface area (Å²) in [6, 6.07) is 0. The lowest BCUT2D eigenvalue weighted by molar-refractivity contribution is 1.55. The van der Waals surface area contributed by atoms with Crippen molar-refractivity contribution in [2.24, 2.45) is 0 Å². The normalized spacial score (nSPS) is 24.0. The lowest BCUT2D eigenvalue weighted by Crippen LogP contribution is -1.86. The second-order valence-corrected chi connectivity index (χ2v) is 10.0. The molecule has 1 saturated heterocycles. The Morgan fingerprint density at radius 1 is 0.500 bits per heavy atom. The van der Waals surface area contributed by atoms with E-state index in [2.05, 4.69) is 23.5 Å². The van der Waals surface area contributed by atoms with E-state index in [9.17, 15) is 0 Å². The van der Waals surface area contributed by atoms with Gasteiger partial charge in [0.25, 0.3) is 0 Å². The molecule has 1 fully saturated rings. The largest absolute Gasteiger partial charge is 0.149 e. The van der Waals surface area contributed by atoms with Gasteiger partial charge in [0.1, 0.15) is 0 Å². The van der Waals surface area contributed by atoms with Crippen molar-refractivity contribution in [3.8, 4) is 0 Å². The third-order valence-corrected chi connectivity index (χ3v) is 9.46. The molecule has 1 aliphatic heterocycles. The van der Waals surface area contributed by atoms with Crippen LogP contribution in [0.15, 0.2) is 0 Å². The molecule has 0 atom stereocenters. The average Bonchev–Trinajstić information content (AvgIpc) is 2.05. The summed E-state index contributed by atoms with van der Waals surface area (Å²) in [4.78, 5) is 0. The minimum absolute atomic E-state index is 1.27. The summed E-state index contributed by atoms with van der Waals surface area (Å²) in [5.41, 5.74) is 0. The Labute approximate surface area is 99.1 Å². The SMILES string of the molecule is C1CSCSSCCSSCS1. The summed E-state index contributed by atoms with van der Waals surface area (Å²) >= 11 is 4.15. The van der Waals surface area contributed by atoms with E-state index < -0.39 is 0 Å². The summed E-state index contributed by atoms with van der Waals surface area (Å²) in [6.07, 6.45) is 0. The molecule has 6 heteroatoms. The van der Waals surface area contributed by atoms with Gasteiger partial charge in [0.05, 0.1) is 0 Å². The van der Waals surface area contributed by atoms with Crippen molar-refractivity contribution in [3.05, 3.63) is 0 Å². The van der Waals surface area contributed by atoms with Gasteiger partial charge >= 0.3 is 0 Å². The maximum Gasteiger partial charge on any atom is 0.0496 e. The molecular weight excluding hydrogens is 264 g/mol. The van der Waals surface area contributed by atoms with E-state index in [1.165, 1.54) is 33.2 Å². The van der Waals surface area contributed by atoms with Gasteiger partial charge in [0.15, 0.2) is 0 Å². The van der Waals surface area contributed by atoms with E-state index in [0.717, 1.165) is 0 Å². The van der Waals surface area contributed by atoms with Crippen molar-refractivity contribution >= 4 is 66.7 Å². The number of hydrogen-bond acceptors (Lipinski definition) is 6. The Kier molecular flexibility index (Phi) is 9.78. The average molecular weight is 277 g/mol. The van der Waals surface area contributed by atoms with E-state index in [0.29, 0.717) is 0 Å². The monoisotopic (exact) mass is 276 g/mol. The van der Waals surface area contributed by atoms with Crippen LogP contribution < -0.4 is 0 Å². The first kappa shape index (κ1) is 12.2. The molecule has 72 valence electrons. The number of hydrogen-bond donors (Lipinski definition) is 0. The van der Waals surface area contributed by atoms with Crippen molar-refractivity contribution in [1.82, 2.24) is 0 Å². The Morgan fingerprint density at radius 3 is 1.50 bits per heavy atom. The highest BCUT2D eigenvalue weighted by Crippen LogP contribution is 2.32. The second kappa shape index (κ2) is 9.65. The standard InChI is InChI=1S/C6H12S6/c1-2-8-6-12-10-4-3-9-11-5-7-1/h1-6H2. The first-order valence-corrected chi connectivity index (χ1v) is 10.9. The predicted octanol–water partition coefficient (Wildman–Crippen LogP) is 4.14. The van der Waals surface area contributed by atoms with Crippen LogP contribution in [0.25, 0.3) is 0 Å². The maximum absolute atomic E-state index is 2.07. The molecule has 0 aromatic heterocycles. The van der Waals surface area contributed by atoms with Crippen molar-refractivity contribution in [3.63, 3.8) is 0 Å². The molecule has 0 N–H and O–H groups in total. The van der Waals surface area contributed by atoms with E-state index in [-0.39, 0.29) is 0 Å². The van der Waals surface area contributed by atoms with Crippen LogP contribution in [0.3, 0.4) is 0 Å². The third kappa shape index (κ3) is 7.50. The van der Waals surface area contributed by atoms with Crippen LogP contribution in [0.2, 0.25) is 0 Å². The fourth-order valence-electron chi connectivity index (χ4n) is 0.558. The minimum atomic E-state index is 1.27. The van der Waals surface area contributed by atoms with E-state index >= 15 is 0 Å². The van der Waals surface area contributed by atoms with E-state index in [4.69, 9.17) is 0 Å². The zero-order valence-corrected chi connectivity index (χ0v) is 11.6. The summed E-state index contributed by atoms with van der Waals surface area (Å²) in [5.74, 6) is 5.24. The Balaban J connectivity index is 2.00. The molecule has 0 aliphatic carbocycles. The zero-order chi connectivity index (χ0) is 8.49. The van der Waals surface area contributed by atoms with Crippen molar-refractivity contribution in [2.45, 2.75) is 0 Å². The number of rotatable bonds is 0.